The second kappa shape index (κ2) is 7.70. The fourth-order valence-corrected chi connectivity index (χ4v) is 4.08. The van der Waals surface area contributed by atoms with Gasteiger partial charge < -0.3 is 9.47 Å². The summed E-state index contributed by atoms with van der Waals surface area (Å²) in [5.74, 6) is 0.491. The Balaban J connectivity index is 1.70. The molecule has 0 aliphatic carbocycles. The lowest BCUT2D eigenvalue weighted by atomic mass is 9.99. The van der Waals surface area contributed by atoms with E-state index in [0.717, 1.165) is 45.3 Å². The Morgan fingerprint density at radius 1 is 1.30 bits per heavy atom. The Kier molecular flexibility index (Phi) is 6.22. The Morgan fingerprint density at radius 3 is 2.65 bits per heavy atom. The highest BCUT2D eigenvalue weighted by atomic mass is 32.2. The fraction of sp³-hybridized carbons (Fsp3) is 1.00. The van der Waals surface area contributed by atoms with Crippen LogP contribution in [-0.4, -0.2) is 58.8 Å². The van der Waals surface area contributed by atoms with Crippen molar-refractivity contribution in [3.05, 3.63) is 0 Å². The minimum Gasteiger partial charge on any atom is -0.381 e. The van der Waals surface area contributed by atoms with Crippen molar-refractivity contribution in [1.29, 1.82) is 0 Å². The van der Waals surface area contributed by atoms with E-state index in [4.69, 9.17) is 9.47 Å². The number of nitrogens with zero attached hydrogens (tertiary/aromatic N) is 1. The van der Waals surface area contributed by atoms with E-state index in [9.17, 15) is 8.42 Å². The smallest absolute Gasteiger partial charge is 0.279 e. The molecule has 0 aromatic carbocycles. The van der Waals surface area contributed by atoms with Gasteiger partial charge in [0.2, 0.25) is 0 Å². The molecule has 0 spiro atoms. The molecule has 2 saturated heterocycles. The number of ether oxygens (including phenoxy) is 2. The van der Waals surface area contributed by atoms with Crippen LogP contribution in [0.2, 0.25) is 0 Å². The van der Waals surface area contributed by atoms with Gasteiger partial charge in [0.1, 0.15) is 0 Å². The predicted molar refractivity (Wildman–Crippen MR) is 76.7 cm³/mol. The monoisotopic (exact) mass is 306 g/mol. The zero-order valence-corrected chi connectivity index (χ0v) is 13.0. The minimum absolute atomic E-state index is 0.195. The lowest BCUT2D eigenvalue weighted by molar-refractivity contribution is 0.0520. The van der Waals surface area contributed by atoms with Crippen LogP contribution in [0.15, 0.2) is 0 Å². The number of rotatable bonds is 6. The quantitative estimate of drug-likeness (QED) is 0.786. The summed E-state index contributed by atoms with van der Waals surface area (Å²) in [5, 5.41) is 0. The number of hydrogen-bond acceptors (Lipinski definition) is 4. The molecule has 6 nitrogen and oxygen atoms in total. The molecule has 7 heteroatoms. The molecular formula is C13H26N2O4S. The van der Waals surface area contributed by atoms with E-state index in [0.29, 0.717) is 25.6 Å². The van der Waals surface area contributed by atoms with Crippen LogP contribution in [0, 0.1) is 5.92 Å². The zero-order chi connectivity index (χ0) is 14.4. The molecule has 0 saturated carbocycles. The average Bonchev–Trinajstić information content (AvgIpc) is 2.48. The molecule has 2 aliphatic rings. The Morgan fingerprint density at radius 2 is 2.05 bits per heavy atom. The van der Waals surface area contributed by atoms with Gasteiger partial charge in [0.15, 0.2) is 0 Å². The normalized spacial score (nSPS) is 26.8. The molecule has 1 N–H and O–H groups in total. The van der Waals surface area contributed by atoms with Crippen molar-refractivity contribution in [1.82, 2.24) is 9.03 Å². The molecule has 0 amide bonds. The Hall–Kier alpha value is -0.210. The third kappa shape index (κ3) is 4.66. The van der Waals surface area contributed by atoms with Gasteiger partial charge in [-0.2, -0.15) is 12.7 Å². The maximum Gasteiger partial charge on any atom is 0.279 e. The fourth-order valence-electron chi connectivity index (χ4n) is 2.83. The van der Waals surface area contributed by atoms with Gasteiger partial charge in [-0.25, -0.2) is 4.72 Å². The van der Waals surface area contributed by atoms with E-state index in [2.05, 4.69) is 4.72 Å². The highest BCUT2D eigenvalue weighted by Crippen LogP contribution is 2.18. The second-order valence-electron chi connectivity index (χ2n) is 5.61. The van der Waals surface area contributed by atoms with Crippen LogP contribution in [0.1, 0.15) is 32.1 Å². The second-order valence-corrected chi connectivity index (χ2v) is 7.36. The minimum atomic E-state index is -3.33. The van der Waals surface area contributed by atoms with E-state index in [1.807, 2.05) is 0 Å². The first-order valence-electron chi connectivity index (χ1n) is 7.47. The Bertz CT molecular complexity index is 374. The Labute approximate surface area is 122 Å². The van der Waals surface area contributed by atoms with E-state index in [-0.39, 0.29) is 6.10 Å². The van der Waals surface area contributed by atoms with Gasteiger partial charge in [-0.3, -0.25) is 0 Å². The van der Waals surface area contributed by atoms with Crippen LogP contribution in [0.3, 0.4) is 0 Å². The lowest BCUT2D eigenvalue weighted by Gasteiger charge is -2.30. The van der Waals surface area contributed by atoms with Crippen LogP contribution >= 0.6 is 0 Å². The van der Waals surface area contributed by atoms with Gasteiger partial charge >= 0.3 is 0 Å². The van der Waals surface area contributed by atoms with Crippen molar-refractivity contribution in [3.8, 4) is 0 Å². The van der Waals surface area contributed by atoms with Gasteiger partial charge in [0, 0.05) is 40.0 Å². The number of nitrogens with one attached hydrogen (secondary N) is 1. The molecule has 0 aromatic rings. The summed E-state index contributed by atoms with van der Waals surface area (Å²) in [4.78, 5) is 0. The van der Waals surface area contributed by atoms with Crippen molar-refractivity contribution in [3.63, 3.8) is 0 Å². The van der Waals surface area contributed by atoms with Crippen LogP contribution < -0.4 is 4.72 Å². The molecule has 0 aromatic heterocycles. The van der Waals surface area contributed by atoms with Gasteiger partial charge in [0.05, 0.1) is 6.10 Å². The van der Waals surface area contributed by atoms with Crippen molar-refractivity contribution >= 4 is 10.2 Å². The molecule has 0 radical (unpaired) electrons. The first kappa shape index (κ1) is 16.2. The van der Waals surface area contributed by atoms with Gasteiger partial charge in [-0.15, -0.1) is 0 Å². The van der Waals surface area contributed by atoms with Gasteiger partial charge in [0.25, 0.3) is 10.2 Å². The molecular weight excluding hydrogens is 280 g/mol. The molecule has 2 aliphatic heterocycles. The van der Waals surface area contributed by atoms with Crippen molar-refractivity contribution in [2.24, 2.45) is 5.92 Å². The molecule has 2 heterocycles. The topological polar surface area (TPSA) is 67.9 Å². The van der Waals surface area contributed by atoms with E-state index in [1.54, 1.807) is 7.11 Å². The van der Waals surface area contributed by atoms with Gasteiger partial charge in [-0.1, -0.05) is 0 Å². The van der Waals surface area contributed by atoms with E-state index >= 15 is 0 Å². The summed E-state index contributed by atoms with van der Waals surface area (Å²) < 4.78 is 39.2. The predicted octanol–water partition coefficient (Wildman–Crippen LogP) is 0.748. The summed E-state index contributed by atoms with van der Waals surface area (Å²) in [6.07, 6.45) is 4.82. The average molecular weight is 306 g/mol. The van der Waals surface area contributed by atoms with Crippen molar-refractivity contribution in [2.75, 3.05) is 40.0 Å². The summed E-state index contributed by atoms with van der Waals surface area (Å²) >= 11 is 0. The molecule has 118 valence electrons. The first-order valence-corrected chi connectivity index (χ1v) is 8.91. The number of piperidine rings is 1. The molecule has 1 unspecified atom stereocenters. The van der Waals surface area contributed by atoms with Crippen molar-refractivity contribution < 1.29 is 17.9 Å². The summed E-state index contributed by atoms with van der Waals surface area (Å²) in [7, 11) is -1.65. The number of hydrogen-bond donors (Lipinski definition) is 1. The standard InChI is InChI=1S/C13H26N2O4S/c1-18-13-5-8-15(9-6-13)20(16,17)14-7-4-12-3-2-10-19-11-12/h12-14H,2-11H2,1H3. The maximum absolute atomic E-state index is 12.2. The molecule has 2 rings (SSSR count). The summed E-state index contributed by atoms with van der Waals surface area (Å²) in [5.41, 5.74) is 0. The largest absolute Gasteiger partial charge is 0.381 e. The van der Waals surface area contributed by atoms with Crippen LogP contribution in [0.25, 0.3) is 0 Å². The maximum atomic E-state index is 12.2. The SMILES string of the molecule is COC1CCN(S(=O)(=O)NCCC2CCCOC2)CC1. The number of methoxy groups -OCH3 is 1. The van der Waals surface area contributed by atoms with Crippen molar-refractivity contribution in [2.45, 2.75) is 38.2 Å². The van der Waals surface area contributed by atoms with Crippen LogP contribution in [0.4, 0.5) is 0 Å². The molecule has 0 bridgehead atoms. The summed E-state index contributed by atoms with van der Waals surface area (Å²) in [6.45, 7) is 3.19. The van der Waals surface area contributed by atoms with E-state index < -0.39 is 10.2 Å². The summed E-state index contributed by atoms with van der Waals surface area (Å²) in [6, 6.07) is 0. The highest BCUT2D eigenvalue weighted by molar-refractivity contribution is 7.87. The third-order valence-corrected chi connectivity index (χ3v) is 5.78. The molecule has 2 fully saturated rings. The lowest BCUT2D eigenvalue weighted by Crippen LogP contribution is -2.46. The highest BCUT2D eigenvalue weighted by Gasteiger charge is 2.27. The van der Waals surface area contributed by atoms with Crippen LogP contribution in [-0.2, 0) is 19.7 Å². The van der Waals surface area contributed by atoms with Crippen LogP contribution in [0.5, 0.6) is 0 Å². The zero-order valence-electron chi connectivity index (χ0n) is 12.2. The molecule has 20 heavy (non-hydrogen) atoms. The molecule has 1 atom stereocenters. The van der Waals surface area contributed by atoms with E-state index in [1.165, 1.54) is 4.31 Å². The van der Waals surface area contributed by atoms with Gasteiger partial charge in [-0.05, 0) is 38.0 Å². The third-order valence-electron chi connectivity index (χ3n) is 4.17. The first-order chi connectivity index (χ1) is 9.62.